The van der Waals surface area contributed by atoms with Crippen LogP contribution in [0.3, 0.4) is 0 Å². The Hall–Kier alpha value is -2.69. The number of fused-ring (bicyclic) bond motifs is 1. The Morgan fingerprint density at radius 1 is 1.18 bits per heavy atom. The van der Waals surface area contributed by atoms with E-state index in [1.165, 1.54) is 0 Å². The van der Waals surface area contributed by atoms with Gasteiger partial charge in [0.1, 0.15) is 0 Å². The number of carbonyl (C=O) groups is 2. The zero-order chi connectivity index (χ0) is 15.7. The van der Waals surface area contributed by atoms with Gasteiger partial charge in [-0.3, -0.25) is 14.6 Å². The maximum Gasteiger partial charge on any atom is 0.311 e. The van der Waals surface area contributed by atoms with E-state index in [9.17, 15) is 14.7 Å². The van der Waals surface area contributed by atoms with Crippen LogP contribution < -0.4 is 4.90 Å². The molecule has 22 heavy (non-hydrogen) atoms. The molecular formula is C17H16N2O3. The average Bonchev–Trinajstić information content (AvgIpc) is 2.54. The fraction of sp³-hybridized carbons (Fsp3) is 0.235. The fourth-order valence-corrected chi connectivity index (χ4v) is 2.99. The van der Waals surface area contributed by atoms with Crippen molar-refractivity contribution in [3.63, 3.8) is 0 Å². The van der Waals surface area contributed by atoms with Gasteiger partial charge in [0.2, 0.25) is 0 Å². The van der Waals surface area contributed by atoms with E-state index < -0.39 is 11.9 Å². The first-order valence-corrected chi connectivity index (χ1v) is 7.15. The predicted octanol–water partition coefficient (Wildman–Crippen LogP) is 2.69. The van der Waals surface area contributed by atoms with E-state index in [0.29, 0.717) is 23.2 Å². The van der Waals surface area contributed by atoms with Crippen molar-refractivity contribution in [2.75, 3.05) is 4.90 Å². The molecule has 5 heteroatoms. The van der Waals surface area contributed by atoms with Crippen molar-refractivity contribution < 1.29 is 14.7 Å². The van der Waals surface area contributed by atoms with Gasteiger partial charge in [0.25, 0.3) is 5.91 Å². The van der Waals surface area contributed by atoms with Crippen LogP contribution >= 0.6 is 0 Å². The molecule has 1 aromatic carbocycles. The van der Waals surface area contributed by atoms with Crippen molar-refractivity contribution >= 4 is 17.6 Å². The topological polar surface area (TPSA) is 70.5 Å². The molecule has 0 saturated carbocycles. The van der Waals surface area contributed by atoms with Gasteiger partial charge >= 0.3 is 5.97 Å². The van der Waals surface area contributed by atoms with Gasteiger partial charge in [-0.05, 0) is 37.1 Å². The number of pyridine rings is 1. The Morgan fingerprint density at radius 2 is 1.86 bits per heavy atom. The quantitative estimate of drug-likeness (QED) is 0.925. The van der Waals surface area contributed by atoms with Crippen molar-refractivity contribution in [3.05, 3.63) is 59.9 Å². The molecule has 1 aliphatic rings. The molecule has 2 heterocycles. The summed E-state index contributed by atoms with van der Waals surface area (Å²) in [7, 11) is 0. The molecule has 5 nitrogen and oxygen atoms in total. The van der Waals surface area contributed by atoms with E-state index in [1.54, 1.807) is 47.6 Å². The number of hydrogen-bond donors (Lipinski definition) is 1. The second kappa shape index (κ2) is 5.60. The molecule has 0 saturated heterocycles. The van der Waals surface area contributed by atoms with Crippen LogP contribution in [0.2, 0.25) is 0 Å². The highest BCUT2D eigenvalue weighted by Gasteiger charge is 2.37. The van der Waals surface area contributed by atoms with Gasteiger partial charge in [-0.1, -0.05) is 18.2 Å². The Labute approximate surface area is 128 Å². The van der Waals surface area contributed by atoms with Crippen molar-refractivity contribution in [3.8, 4) is 0 Å². The van der Waals surface area contributed by atoms with E-state index in [-0.39, 0.29) is 11.9 Å². The predicted molar refractivity (Wildman–Crippen MR) is 81.9 cm³/mol. The number of hydrogen-bond acceptors (Lipinski definition) is 3. The SMILES string of the molecule is CC1CC(C(=O)O)c2ccccc2N1C(=O)c1ccncc1. The lowest BCUT2D eigenvalue weighted by Gasteiger charge is -2.38. The molecule has 0 aliphatic carbocycles. The number of benzene rings is 1. The molecule has 1 amide bonds. The van der Waals surface area contributed by atoms with Crippen LogP contribution in [-0.4, -0.2) is 28.0 Å². The minimum Gasteiger partial charge on any atom is -0.481 e. The maximum atomic E-state index is 12.8. The highest BCUT2D eigenvalue weighted by atomic mass is 16.4. The first-order valence-electron chi connectivity index (χ1n) is 7.15. The largest absolute Gasteiger partial charge is 0.481 e. The van der Waals surface area contributed by atoms with Gasteiger partial charge in [-0.2, -0.15) is 0 Å². The third-order valence-corrected chi connectivity index (χ3v) is 4.03. The van der Waals surface area contributed by atoms with Crippen molar-refractivity contribution in [2.45, 2.75) is 25.3 Å². The summed E-state index contributed by atoms with van der Waals surface area (Å²) in [6.45, 7) is 1.88. The minimum absolute atomic E-state index is 0.133. The summed E-state index contributed by atoms with van der Waals surface area (Å²) in [6.07, 6.45) is 3.56. The Balaban J connectivity index is 2.07. The number of aliphatic carboxylic acids is 1. The summed E-state index contributed by atoms with van der Waals surface area (Å²) in [4.78, 5) is 29.9. The zero-order valence-corrected chi connectivity index (χ0v) is 12.1. The summed E-state index contributed by atoms with van der Waals surface area (Å²) in [5.74, 6) is -1.56. The number of carbonyl (C=O) groups excluding carboxylic acids is 1. The van der Waals surface area contributed by atoms with E-state index in [0.717, 1.165) is 0 Å². The Kier molecular flexibility index (Phi) is 3.63. The summed E-state index contributed by atoms with van der Waals surface area (Å²) < 4.78 is 0. The molecule has 1 aliphatic heterocycles. The van der Waals surface area contributed by atoms with Crippen LogP contribution in [0, 0.1) is 0 Å². The average molecular weight is 296 g/mol. The van der Waals surface area contributed by atoms with Crippen LogP contribution in [0.5, 0.6) is 0 Å². The zero-order valence-electron chi connectivity index (χ0n) is 12.1. The molecular weight excluding hydrogens is 280 g/mol. The van der Waals surface area contributed by atoms with Gasteiger partial charge in [0, 0.05) is 29.7 Å². The fourth-order valence-electron chi connectivity index (χ4n) is 2.99. The first kappa shape index (κ1) is 14.3. The molecule has 0 radical (unpaired) electrons. The maximum absolute atomic E-state index is 12.8. The molecule has 0 fully saturated rings. The lowest BCUT2D eigenvalue weighted by atomic mass is 9.86. The van der Waals surface area contributed by atoms with E-state index in [1.807, 2.05) is 13.0 Å². The normalized spacial score (nSPS) is 20.3. The van der Waals surface area contributed by atoms with Crippen LogP contribution in [0.25, 0.3) is 0 Å². The molecule has 0 spiro atoms. The highest BCUT2D eigenvalue weighted by Crippen LogP contribution is 2.39. The molecule has 1 aromatic heterocycles. The van der Waals surface area contributed by atoms with Gasteiger partial charge in [-0.15, -0.1) is 0 Å². The summed E-state index contributed by atoms with van der Waals surface area (Å²) in [6, 6.07) is 10.4. The Morgan fingerprint density at radius 3 is 2.55 bits per heavy atom. The first-order chi connectivity index (χ1) is 10.6. The van der Waals surface area contributed by atoms with E-state index >= 15 is 0 Å². The second-order valence-corrected chi connectivity index (χ2v) is 5.45. The van der Waals surface area contributed by atoms with Crippen LogP contribution in [0.4, 0.5) is 5.69 Å². The molecule has 3 rings (SSSR count). The standard InChI is InChI=1S/C17H16N2O3/c1-11-10-14(17(21)22)13-4-2-3-5-15(13)19(11)16(20)12-6-8-18-9-7-12/h2-9,11,14H,10H2,1H3,(H,21,22). The van der Waals surface area contributed by atoms with Gasteiger partial charge in [0.05, 0.1) is 5.92 Å². The van der Waals surface area contributed by atoms with Gasteiger partial charge in [-0.25, -0.2) is 0 Å². The lowest BCUT2D eigenvalue weighted by Crippen LogP contribution is -2.44. The molecule has 0 bridgehead atoms. The van der Waals surface area contributed by atoms with Crippen molar-refractivity contribution in [2.24, 2.45) is 0 Å². The number of rotatable bonds is 2. The summed E-state index contributed by atoms with van der Waals surface area (Å²) >= 11 is 0. The van der Waals surface area contributed by atoms with Crippen molar-refractivity contribution in [1.29, 1.82) is 0 Å². The molecule has 2 atom stereocenters. The second-order valence-electron chi connectivity index (χ2n) is 5.45. The minimum atomic E-state index is -0.852. The third kappa shape index (κ3) is 2.35. The lowest BCUT2D eigenvalue weighted by molar-refractivity contribution is -0.139. The van der Waals surface area contributed by atoms with Crippen LogP contribution in [0.15, 0.2) is 48.8 Å². The monoisotopic (exact) mass is 296 g/mol. The number of amides is 1. The van der Waals surface area contributed by atoms with Crippen LogP contribution in [0.1, 0.15) is 35.2 Å². The van der Waals surface area contributed by atoms with E-state index in [4.69, 9.17) is 0 Å². The Bertz CT molecular complexity index is 715. The number of carboxylic acid groups (broad SMARTS) is 1. The smallest absolute Gasteiger partial charge is 0.311 e. The van der Waals surface area contributed by atoms with Gasteiger partial charge < -0.3 is 10.0 Å². The van der Waals surface area contributed by atoms with Crippen molar-refractivity contribution in [1.82, 2.24) is 4.98 Å². The molecule has 2 aromatic rings. The van der Waals surface area contributed by atoms with Crippen LogP contribution in [-0.2, 0) is 4.79 Å². The number of anilines is 1. The molecule has 112 valence electrons. The number of nitrogens with zero attached hydrogens (tertiary/aromatic N) is 2. The number of aromatic nitrogens is 1. The summed E-state index contributed by atoms with van der Waals surface area (Å²) in [5, 5.41) is 9.43. The number of carboxylic acids is 1. The number of para-hydroxylation sites is 1. The van der Waals surface area contributed by atoms with E-state index in [2.05, 4.69) is 4.98 Å². The summed E-state index contributed by atoms with van der Waals surface area (Å²) in [5.41, 5.74) is 1.91. The molecule has 2 unspecified atom stereocenters. The van der Waals surface area contributed by atoms with Gasteiger partial charge in [0.15, 0.2) is 0 Å². The molecule has 1 N–H and O–H groups in total. The third-order valence-electron chi connectivity index (χ3n) is 4.03. The highest BCUT2D eigenvalue weighted by molar-refractivity contribution is 6.07.